The predicted molar refractivity (Wildman–Crippen MR) is 84.2 cm³/mol. The summed E-state index contributed by atoms with van der Waals surface area (Å²) in [6.45, 7) is 0.464. The fraction of sp³-hybridized carbons (Fsp3) is 0.333. The van der Waals surface area contributed by atoms with Crippen molar-refractivity contribution in [1.29, 1.82) is 0 Å². The maximum Gasteiger partial charge on any atom is 0.303 e. The number of amides is 1. The molecule has 1 amide bonds. The highest BCUT2D eigenvalue weighted by molar-refractivity contribution is 9.10. The van der Waals surface area contributed by atoms with Gasteiger partial charge in [0.2, 0.25) is 5.91 Å². The maximum absolute atomic E-state index is 11.6. The monoisotopic (exact) mass is 355 g/mol. The van der Waals surface area contributed by atoms with Crippen LogP contribution in [0.5, 0.6) is 5.75 Å². The van der Waals surface area contributed by atoms with Gasteiger partial charge in [-0.3, -0.25) is 9.59 Å². The number of methoxy groups -OCH3 is 1. The maximum atomic E-state index is 11.6. The number of carbonyl (C=O) groups is 2. The topological polar surface area (TPSA) is 75.6 Å². The lowest BCUT2D eigenvalue weighted by Crippen LogP contribution is -2.22. The number of carboxylic acid groups (broad SMARTS) is 1. The predicted octanol–water partition coefficient (Wildman–Crippen LogP) is 2.84. The Hall–Kier alpha value is -1.82. The Kier molecular flexibility index (Phi) is 7.53. The molecule has 0 aliphatic rings. The minimum Gasteiger partial charge on any atom is -0.496 e. The van der Waals surface area contributed by atoms with Crippen LogP contribution in [-0.4, -0.2) is 30.6 Å². The lowest BCUT2D eigenvalue weighted by molar-refractivity contribution is -0.137. The first kappa shape index (κ1) is 17.2. The Morgan fingerprint density at radius 1 is 1.38 bits per heavy atom. The van der Waals surface area contributed by atoms with E-state index in [1.807, 2.05) is 18.2 Å². The largest absolute Gasteiger partial charge is 0.496 e. The highest BCUT2D eigenvalue weighted by atomic mass is 79.9. The summed E-state index contributed by atoms with van der Waals surface area (Å²) in [7, 11) is 1.57. The highest BCUT2D eigenvalue weighted by Crippen LogP contribution is 2.23. The van der Waals surface area contributed by atoms with Crippen molar-refractivity contribution < 1.29 is 19.4 Å². The molecule has 0 saturated carbocycles. The third-order valence-electron chi connectivity index (χ3n) is 2.72. The Morgan fingerprint density at radius 3 is 2.81 bits per heavy atom. The number of ether oxygens (including phenoxy) is 1. The van der Waals surface area contributed by atoms with E-state index >= 15 is 0 Å². The molecular weight excluding hydrogens is 338 g/mol. The van der Waals surface area contributed by atoms with E-state index in [2.05, 4.69) is 21.2 Å². The molecule has 2 N–H and O–H groups in total. The summed E-state index contributed by atoms with van der Waals surface area (Å²) in [5.74, 6) is -0.348. The molecule has 1 rings (SSSR count). The van der Waals surface area contributed by atoms with Crippen molar-refractivity contribution in [3.8, 4) is 5.75 Å². The van der Waals surface area contributed by atoms with Gasteiger partial charge in [-0.2, -0.15) is 0 Å². The summed E-state index contributed by atoms with van der Waals surface area (Å²) in [6.07, 6.45) is 4.43. The van der Waals surface area contributed by atoms with Crippen molar-refractivity contribution in [2.45, 2.75) is 19.3 Å². The Balaban J connectivity index is 2.43. The van der Waals surface area contributed by atoms with E-state index in [4.69, 9.17) is 9.84 Å². The van der Waals surface area contributed by atoms with Crippen LogP contribution in [0.3, 0.4) is 0 Å². The standard InChI is InChI=1S/C15H18BrNO4/c1-21-13-7-6-12(16)10-11(13)5-8-14(18)17-9-3-2-4-15(19)20/h5-8,10H,2-4,9H2,1H3,(H,17,18)(H,19,20). The molecule has 6 heteroatoms. The summed E-state index contributed by atoms with van der Waals surface area (Å²) in [5.41, 5.74) is 0.799. The zero-order valence-corrected chi connectivity index (χ0v) is 13.4. The van der Waals surface area contributed by atoms with Gasteiger partial charge in [0.15, 0.2) is 0 Å². The summed E-state index contributed by atoms with van der Waals surface area (Å²) >= 11 is 3.37. The molecule has 0 atom stereocenters. The summed E-state index contributed by atoms with van der Waals surface area (Å²) in [4.78, 5) is 22.0. The average molecular weight is 356 g/mol. The molecule has 114 valence electrons. The first-order valence-corrected chi connectivity index (χ1v) is 7.33. The number of carboxylic acids is 1. The van der Waals surface area contributed by atoms with Gasteiger partial charge in [-0.1, -0.05) is 15.9 Å². The molecule has 0 fully saturated rings. The fourth-order valence-corrected chi connectivity index (χ4v) is 2.05. The molecule has 0 aromatic heterocycles. The number of rotatable bonds is 8. The highest BCUT2D eigenvalue weighted by Gasteiger charge is 2.02. The van der Waals surface area contributed by atoms with E-state index in [9.17, 15) is 9.59 Å². The molecule has 0 heterocycles. The van der Waals surface area contributed by atoms with Gasteiger partial charge in [0.25, 0.3) is 0 Å². The molecule has 0 radical (unpaired) electrons. The second-order valence-electron chi connectivity index (χ2n) is 4.36. The zero-order valence-electron chi connectivity index (χ0n) is 11.8. The van der Waals surface area contributed by atoms with Crippen molar-refractivity contribution in [3.63, 3.8) is 0 Å². The van der Waals surface area contributed by atoms with Crippen molar-refractivity contribution in [2.75, 3.05) is 13.7 Å². The molecule has 21 heavy (non-hydrogen) atoms. The second-order valence-corrected chi connectivity index (χ2v) is 5.28. The molecule has 0 bridgehead atoms. The second kappa shape index (κ2) is 9.18. The average Bonchev–Trinajstić information content (AvgIpc) is 2.44. The van der Waals surface area contributed by atoms with Crippen molar-refractivity contribution >= 4 is 33.9 Å². The van der Waals surface area contributed by atoms with Gasteiger partial charge in [-0.15, -0.1) is 0 Å². The quantitative estimate of drug-likeness (QED) is 0.555. The van der Waals surface area contributed by atoms with Crippen molar-refractivity contribution in [3.05, 3.63) is 34.3 Å². The molecule has 0 unspecified atom stereocenters. The van der Waals surface area contributed by atoms with Crippen LogP contribution in [0.4, 0.5) is 0 Å². The molecule has 0 saturated heterocycles. The van der Waals surface area contributed by atoms with E-state index < -0.39 is 5.97 Å². The Labute approximate surface area is 132 Å². The minimum absolute atomic E-state index is 0.126. The van der Waals surface area contributed by atoms with Gasteiger partial charge in [-0.05, 0) is 37.1 Å². The first-order chi connectivity index (χ1) is 10.0. The number of hydrogen-bond acceptors (Lipinski definition) is 3. The molecule has 0 aliphatic carbocycles. The van der Waals surface area contributed by atoms with Gasteiger partial charge in [-0.25, -0.2) is 0 Å². The molecule has 0 aliphatic heterocycles. The smallest absolute Gasteiger partial charge is 0.303 e. The number of carbonyl (C=O) groups excluding carboxylic acids is 1. The molecule has 1 aromatic rings. The van der Waals surface area contributed by atoms with Gasteiger partial charge in [0.05, 0.1) is 7.11 Å². The Morgan fingerprint density at radius 2 is 2.14 bits per heavy atom. The third kappa shape index (κ3) is 6.94. The number of nitrogens with one attached hydrogen (secondary N) is 1. The van der Waals surface area contributed by atoms with E-state index in [-0.39, 0.29) is 12.3 Å². The van der Waals surface area contributed by atoms with E-state index in [0.717, 1.165) is 10.0 Å². The van der Waals surface area contributed by atoms with E-state index in [0.29, 0.717) is 25.1 Å². The van der Waals surface area contributed by atoms with Crippen LogP contribution in [0.1, 0.15) is 24.8 Å². The molecule has 1 aromatic carbocycles. The summed E-state index contributed by atoms with van der Waals surface area (Å²) < 4.78 is 6.11. The molecule has 0 spiro atoms. The van der Waals surface area contributed by atoms with Gasteiger partial charge < -0.3 is 15.2 Å². The number of aliphatic carboxylic acids is 1. The normalized spacial score (nSPS) is 10.6. The molecular formula is C15H18BrNO4. The lowest BCUT2D eigenvalue weighted by Gasteiger charge is -2.05. The number of halogens is 1. The van der Waals surface area contributed by atoms with Crippen LogP contribution in [-0.2, 0) is 9.59 Å². The fourth-order valence-electron chi connectivity index (χ4n) is 1.67. The number of benzene rings is 1. The SMILES string of the molecule is COc1ccc(Br)cc1C=CC(=O)NCCCCC(=O)O. The minimum atomic E-state index is -0.817. The molecule has 5 nitrogen and oxygen atoms in total. The van der Waals surface area contributed by atoms with Crippen LogP contribution in [0, 0.1) is 0 Å². The summed E-state index contributed by atoms with van der Waals surface area (Å²) in [5, 5.41) is 11.2. The number of hydrogen-bond donors (Lipinski definition) is 2. The van der Waals surface area contributed by atoms with Gasteiger partial charge >= 0.3 is 5.97 Å². The van der Waals surface area contributed by atoms with Crippen LogP contribution in [0.25, 0.3) is 6.08 Å². The van der Waals surface area contributed by atoms with Crippen molar-refractivity contribution in [2.24, 2.45) is 0 Å². The first-order valence-electron chi connectivity index (χ1n) is 6.54. The van der Waals surface area contributed by atoms with Gasteiger partial charge in [0.1, 0.15) is 5.75 Å². The van der Waals surface area contributed by atoms with Crippen molar-refractivity contribution in [1.82, 2.24) is 5.32 Å². The van der Waals surface area contributed by atoms with Crippen LogP contribution >= 0.6 is 15.9 Å². The number of unbranched alkanes of at least 4 members (excludes halogenated alkanes) is 1. The van der Waals surface area contributed by atoms with E-state index in [1.54, 1.807) is 13.2 Å². The Bertz CT molecular complexity index is 528. The van der Waals surface area contributed by atoms with Crippen LogP contribution in [0.2, 0.25) is 0 Å². The summed E-state index contributed by atoms with van der Waals surface area (Å²) in [6, 6.07) is 5.53. The van der Waals surface area contributed by atoms with Gasteiger partial charge in [0, 0.05) is 29.1 Å². The van der Waals surface area contributed by atoms with E-state index in [1.165, 1.54) is 6.08 Å². The zero-order chi connectivity index (χ0) is 15.7. The third-order valence-corrected chi connectivity index (χ3v) is 3.22. The van der Waals surface area contributed by atoms with Crippen LogP contribution in [0.15, 0.2) is 28.7 Å². The van der Waals surface area contributed by atoms with Crippen LogP contribution < -0.4 is 10.1 Å². The lowest BCUT2D eigenvalue weighted by atomic mass is 10.2.